The Balaban J connectivity index is 2.36. The fourth-order valence-corrected chi connectivity index (χ4v) is 3.90. The minimum Gasteiger partial charge on any atom is -0.313 e. The number of hydrogen-bond acceptors (Lipinski definition) is 2. The molecule has 1 aliphatic rings. The van der Waals surface area contributed by atoms with E-state index in [9.17, 15) is 0 Å². The van der Waals surface area contributed by atoms with Gasteiger partial charge < -0.3 is 5.32 Å². The van der Waals surface area contributed by atoms with Crippen molar-refractivity contribution in [3.8, 4) is 0 Å². The Morgan fingerprint density at radius 1 is 1.12 bits per heavy atom. The van der Waals surface area contributed by atoms with Crippen LogP contribution in [-0.4, -0.2) is 23.6 Å². The molecule has 0 aromatic carbocycles. The summed E-state index contributed by atoms with van der Waals surface area (Å²) in [5.74, 6) is 3.25. The van der Waals surface area contributed by atoms with Crippen molar-refractivity contribution in [2.45, 2.75) is 71.1 Å². The molecule has 0 bridgehead atoms. The summed E-state index contributed by atoms with van der Waals surface area (Å²) >= 11 is 2.12. The summed E-state index contributed by atoms with van der Waals surface area (Å²) in [6, 6.07) is 0.755. The van der Waals surface area contributed by atoms with Gasteiger partial charge in [0.1, 0.15) is 0 Å². The Labute approximate surface area is 113 Å². The van der Waals surface area contributed by atoms with Crippen molar-refractivity contribution in [2.75, 3.05) is 12.3 Å². The van der Waals surface area contributed by atoms with Gasteiger partial charge in [0.2, 0.25) is 0 Å². The Kier molecular flexibility index (Phi) is 7.61. The highest BCUT2D eigenvalue weighted by molar-refractivity contribution is 7.99. The van der Waals surface area contributed by atoms with Crippen LogP contribution in [0.1, 0.15) is 59.8 Å². The van der Waals surface area contributed by atoms with Gasteiger partial charge in [0.25, 0.3) is 0 Å². The van der Waals surface area contributed by atoms with E-state index in [-0.39, 0.29) is 0 Å². The van der Waals surface area contributed by atoms with E-state index in [1.165, 1.54) is 37.9 Å². The number of rotatable bonds is 7. The summed E-state index contributed by atoms with van der Waals surface area (Å²) in [4.78, 5) is 0. The minimum absolute atomic E-state index is 0.755. The zero-order chi connectivity index (χ0) is 12.7. The van der Waals surface area contributed by atoms with Crippen LogP contribution in [-0.2, 0) is 0 Å². The number of nitrogens with one attached hydrogen (secondary N) is 1. The first-order valence-electron chi connectivity index (χ1n) is 7.52. The van der Waals surface area contributed by atoms with Crippen molar-refractivity contribution in [3.05, 3.63) is 0 Å². The predicted octanol–water partition coefficient (Wildman–Crippen LogP) is 4.32. The van der Waals surface area contributed by atoms with Crippen LogP contribution in [0.25, 0.3) is 0 Å². The van der Waals surface area contributed by atoms with Crippen LogP contribution in [0.15, 0.2) is 0 Å². The van der Waals surface area contributed by atoms with Crippen molar-refractivity contribution in [2.24, 2.45) is 11.8 Å². The lowest BCUT2D eigenvalue weighted by Gasteiger charge is -2.34. The van der Waals surface area contributed by atoms with E-state index in [0.717, 1.165) is 29.7 Å². The maximum Gasteiger partial charge on any atom is 0.0186 e. The van der Waals surface area contributed by atoms with Gasteiger partial charge in [-0.05, 0) is 36.5 Å². The van der Waals surface area contributed by atoms with Crippen LogP contribution in [0, 0.1) is 11.8 Å². The topological polar surface area (TPSA) is 12.0 Å². The van der Waals surface area contributed by atoms with Gasteiger partial charge in [-0.25, -0.2) is 0 Å². The standard InChI is InChI=1S/C15H31NS/c1-5-13-7-9-14(10-8-13)15(16-6-2)11-17-12(3)4/h12-16H,5-11H2,1-4H3. The monoisotopic (exact) mass is 257 g/mol. The van der Waals surface area contributed by atoms with Gasteiger partial charge in [-0.15, -0.1) is 0 Å². The molecule has 1 atom stereocenters. The smallest absolute Gasteiger partial charge is 0.0186 e. The van der Waals surface area contributed by atoms with E-state index < -0.39 is 0 Å². The average molecular weight is 257 g/mol. The van der Waals surface area contributed by atoms with Crippen molar-refractivity contribution in [1.29, 1.82) is 0 Å². The van der Waals surface area contributed by atoms with E-state index >= 15 is 0 Å². The summed E-state index contributed by atoms with van der Waals surface area (Å²) in [6.07, 6.45) is 7.23. The van der Waals surface area contributed by atoms with Crippen molar-refractivity contribution in [3.63, 3.8) is 0 Å². The molecule has 2 heteroatoms. The lowest BCUT2D eigenvalue weighted by molar-refractivity contribution is 0.229. The molecule has 102 valence electrons. The Morgan fingerprint density at radius 3 is 2.24 bits per heavy atom. The second kappa shape index (κ2) is 8.42. The van der Waals surface area contributed by atoms with Gasteiger partial charge in [-0.3, -0.25) is 0 Å². The number of hydrogen-bond donors (Lipinski definition) is 1. The molecule has 0 saturated heterocycles. The van der Waals surface area contributed by atoms with Crippen LogP contribution < -0.4 is 5.32 Å². The van der Waals surface area contributed by atoms with Crippen LogP contribution in [0.3, 0.4) is 0 Å². The van der Waals surface area contributed by atoms with Gasteiger partial charge in [-0.1, -0.05) is 47.0 Å². The molecule has 1 fully saturated rings. The molecule has 0 spiro atoms. The largest absolute Gasteiger partial charge is 0.313 e. The summed E-state index contributed by atoms with van der Waals surface area (Å²) in [5.41, 5.74) is 0. The van der Waals surface area contributed by atoms with Crippen LogP contribution >= 0.6 is 11.8 Å². The van der Waals surface area contributed by atoms with E-state index in [4.69, 9.17) is 0 Å². The summed E-state index contributed by atoms with van der Waals surface area (Å²) < 4.78 is 0. The molecule has 0 aromatic heterocycles. The van der Waals surface area contributed by atoms with E-state index in [2.05, 4.69) is 44.8 Å². The quantitative estimate of drug-likeness (QED) is 0.729. The zero-order valence-corrected chi connectivity index (χ0v) is 13.0. The fraction of sp³-hybridized carbons (Fsp3) is 1.00. The van der Waals surface area contributed by atoms with Gasteiger partial charge in [0.15, 0.2) is 0 Å². The van der Waals surface area contributed by atoms with E-state index in [0.29, 0.717) is 0 Å². The molecule has 1 unspecified atom stereocenters. The van der Waals surface area contributed by atoms with Crippen LogP contribution in [0.5, 0.6) is 0 Å². The molecule has 0 heterocycles. The van der Waals surface area contributed by atoms with Gasteiger partial charge in [0.05, 0.1) is 0 Å². The molecule has 1 saturated carbocycles. The second-order valence-corrected chi connectivity index (χ2v) is 7.34. The van der Waals surface area contributed by atoms with Crippen LogP contribution in [0.4, 0.5) is 0 Å². The normalized spacial score (nSPS) is 27.4. The van der Waals surface area contributed by atoms with Crippen LogP contribution in [0.2, 0.25) is 0 Å². The first kappa shape index (κ1) is 15.4. The molecule has 1 N–H and O–H groups in total. The molecular weight excluding hydrogens is 226 g/mol. The average Bonchev–Trinajstić information content (AvgIpc) is 2.34. The maximum absolute atomic E-state index is 3.72. The molecule has 0 radical (unpaired) electrons. The zero-order valence-electron chi connectivity index (χ0n) is 12.2. The second-order valence-electron chi connectivity index (χ2n) is 5.74. The van der Waals surface area contributed by atoms with E-state index in [1.54, 1.807) is 0 Å². The third kappa shape index (κ3) is 5.65. The maximum atomic E-state index is 3.72. The highest BCUT2D eigenvalue weighted by Crippen LogP contribution is 2.33. The van der Waals surface area contributed by atoms with Gasteiger partial charge in [0, 0.05) is 11.8 Å². The van der Waals surface area contributed by atoms with Crippen molar-refractivity contribution >= 4 is 11.8 Å². The van der Waals surface area contributed by atoms with Gasteiger partial charge in [-0.2, -0.15) is 11.8 Å². The Bertz CT molecular complexity index is 185. The Hall–Kier alpha value is 0.310. The lowest BCUT2D eigenvalue weighted by atomic mass is 9.78. The third-order valence-electron chi connectivity index (χ3n) is 4.11. The molecular formula is C15H31NS. The Morgan fingerprint density at radius 2 is 1.76 bits per heavy atom. The predicted molar refractivity (Wildman–Crippen MR) is 80.8 cm³/mol. The highest BCUT2D eigenvalue weighted by Gasteiger charge is 2.26. The summed E-state index contributed by atoms with van der Waals surface area (Å²) in [6.45, 7) is 10.3. The molecule has 0 amide bonds. The van der Waals surface area contributed by atoms with E-state index in [1.807, 2.05) is 0 Å². The van der Waals surface area contributed by atoms with Gasteiger partial charge >= 0.3 is 0 Å². The minimum atomic E-state index is 0.755. The first-order valence-corrected chi connectivity index (χ1v) is 8.57. The summed E-state index contributed by atoms with van der Waals surface area (Å²) in [5, 5.41) is 4.49. The lowest BCUT2D eigenvalue weighted by Crippen LogP contribution is -2.40. The molecule has 1 aliphatic carbocycles. The molecule has 1 rings (SSSR count). The molecule has 17 heavy (non-hydrogen) atoms. The van der Waals surface area contributed by atoms with Crippen molar-refractivity contribution < 1.29 is 0 Å². The number of thioether (sulfide) groups is 1. The summed E-state index contributed by atoms with van der Waals surface area (Å²) in [7, 11) is 0. The first-order chi connectivity index (χ1) is 8.17. The van der Waals surface area contributed by atoms with Crippen molar-refractivity contribution in [1.82, 2.24) is 5.32 Å². The third-order valence-corrected chi connectivity index (χ3v) is 5.33. The highest BCUT2D eigenvalue weighted by atomic mass is 32.2. The molecule has 0 aromatic rings. The molecule has 0 aliphatic heterocycles. The SMILES string of the molecule is CCNC(CSC(C)C)C1CCC(CC)CC1. The fourth-order valence-electron chi connectivity index (χ4n) is 2.92. The molecule has 1 nitrogen and oxygen atoms in total.